The number of benzene rings is 1. The molecule has 2 rings (SSSR count). The smallest absolute Gasteiger partial charge is 0.319 e. The van der Waals surface area contributed by atoms with Gasteiger partial charge in [-0.3, -0.25) is 10.1 Å². The Balaban J connectivity index is 2.16. The number of amides is 3. The minimum Gasteiger partial charge on any atom is -0.351 e. The molecule has 0 aliphatic carbocycles. The lowest BCUT2D eigenvalue weighted by molar-refractivity contribution is -0.704. The highest BCUT2D eigenvalue weighted by atomic mass is 32.1. The van der Waals surface area contributed by atoms with Crippen molar-refractivity contribution in [2.24, 2.45) is 5.73 Å². The summed E-state index contributed by atoms with van der Waals surface area (Å²) in [5, 5.41) is 6.14. The van der Waals surface area contributed by atoms with Crippen molar-refractivity contribution < 1.29 is 14.9 Å². The number of carbonyl (C=O) groups is 2. The van der Waals surface area contributed by atoms with Gasteiger partial charge in [-0.05, 0) is 36.8 Å². The van der Waals surface area contributed by atoms with Crippen molar-refractivity contribution in [2.45, 2.75) is 45.2 Å². The SMILES string of the molecule is CCCCc1ccc([C@@H]([NH2+][C@H](C)C(=O)NC(N)=O)c2cccs2)cc1. The van der Waals surface area contributed by atoms with Crippen molar-refractivity contribution in [2.75, 3.05) is 0 Å². The fourth-order valence-electron chi connectivity index (χ4n) is 2.72. The fourth-order valence-corrected chi connectivity index (χ4v) is 3.55. The molecule has 0 aliphatic rings. The van der Waals surface area contributed by atoms with Gasteiger partial charge in [0.1, 0.15) is 6.04 Å². The van der Waals surface area contributed by atoms with Crippen LogP contribution in [0, 0.1) is 0 Å². The standard InChI is InChI=1S/C19H25N3O2S/c1-3-4-6-14-8-10-15(11-9-14)17(16-7-5-12-25-16)21-13(2)18(23)22-19(20)24/h5,7-13,17,21H,3-4,6H2,1-2H3,(H3,20,22,23,24)/p+1/t13-,17-/m1/s1. The van der Waals surface area contributed by atoms with Gasteiger partial charge in [-0.25, -0.2) is 4.79 Å². The Kier molecular flexibility index (Phi) is 7.16. The van der Waals surface area contributed by atoms with E-state index in [2.05, 4.69) is 42.6 Å². The summed E-state index contributed by atoms with van der Waals surface area (Å²) in [6.45, 7) is 3.96. The van der Waals surface area contributed by atoms with E-state index in [9.17, 15) is 9.59 Å². The molecule has 6 heteroatoms. The van der Waals surface area contributed by atoms with Crippen molar-refractivity contribution in [3.63, 3.8) is 0 Å². The molecule has 25 heavy (non-hydrogen) atoms. The predicted molar refractivity (Wildman–Crippen MR) is 100 cm³/mol. The molecule has 2 atom stereocenters. The van der Waals surface area contributed by atoms with Crippen molar-refractivity contribution in [1.29, 1.82) is 0 Å². The van der Waals surface area contributed by atoms with Crippen LogP contribution < -0.4 is 16.4 Å². The first-order valence-corrected chi connectivity index (χ1v) is 9.46. The Hall–Kier alpha value is -2.18. The number of nitrogens with two attached hydrogens (primary N) is 2. The molecule has 5 N–H and O–H groups in total. The number of thiophene rings is 1. The maximum atomic E-state index is 12.0. The van der Waals surface area contributed by atoms with Gasteiger partial charge >= 0.3 is 6.03 Å². The lowest BCUT2D eigenvalue weighted by Gasteiger charge is -2.19. The maximum Gasteiger partial charge on any atom is 0.319 e. The molecule has 0 fully saturated rings. The molecule has 0 saturated heterocycles. The van der Waals surface area contributed by atoms with Crippen LogP contribution in [0.5, 0.6) is 0 Å². The van der Waals surface area contributed by atoms with Gasteiger partial charge in [0, 0.05) is 5.56 Å². The summed E-state index contributed by atoms with van der Waals surface area (Å²) in [5.41, 5.74) is 7.51. The Bertz CT molecular complexity index is 683. The van der Waals surface area contributed by atoms with Crippen LogP contribution in [0.1, 0.15) is 48.7 Å². The van der Waals surface area contributed by atoms with Gasteiger partial charge in [0.05, 0.1) is 4.88 Å². The molecule has 0 bridgehead atoms. The van der Waals surface area contributed by atoms with Crippen molar-refractivity contribution >= 4 is 23.3 Å². The number of urea groups is 1. The number of rotatable bonds is 8. The number of aryl methyl sites for hydroxylation is 1. The van der Waals surface area contributed by atoms with Crippen LogP contribution in [-0.4, -0.2) is 18.0 Å². The monoisotopic (exact) mass is 360 g/mol. The Morgan fingerprint density at radius 2 is 1.96 bits per heavy atom. The number of nitrogens with one attached hydrogen (secondary N) is 1. The number of primary amides is 1. The van der Waals surface area contributed by atoms with E-state index < -0.39 is 12.1 Å². The van der Waals surface area contributed by atoms with E-state index >= 15 is 0 Å². The molecule has 0 saturated carbocycles. The number of unbranched alkanes of at least 4 members (excludes halogenated alkanes) is 1. The molecule has 1 heterocycles. The highest BCUT2D eigenvalue weighted by Crippen LogP contribution is 2.23. The van der Waals surface area contributed by atoms with E-state index in [1.807, 2.05) is 16.8 Å². The van der Waals surface area contributed by atoms with Gasteiger partial charge in [-0.2, -0.15) is 0 Å². The molecular weight excluding hydrogens is 334 g/mol. The summed E-state index contributed by atoms with van der Waals surface area (Å²) < 4.78 is 0. The van der Waals surface area contributed by atoms with Crippen LogP contribution in [0.2, 0.25) is 0 Å². The Labute approximate surface area is 152 Å². The first kappa shape index (κ1) is 19.1. The van der Waals surface area contributed by atoms with E-state index in [1.165, 1.54) is 23.3 Å². The van der Waals surface area contributed by atoms with E-state index in [4.69, 9.17) is 5.73 Å². The number of imide groups is 1. The van der Waals surface area contributed by atoms with E-state index in [1.54, 1.807) is 18.3 Å². The third-order valence-electron chi connectivity index (χ3n) is 4.15. The van der Waals surface area contributed by atoms with Crippen molar-refractivity contribution in [1.82, 2.24) is 5.32 Å². The van der Waals surface area contributed by atoms with Gasteiger partial charge in [0.25, 0.3) is 5.91 Å². The molecular formula is C19H26N3O2S+. The van der Waals surface area contributed by atoms with Gasteiger partial charge in [-0.1, -0.05) is 43.7 Å². The van der Waals surface area contributed by atoms with Crippen LogP contribution in [0.15, 0.2) is 41.8 Å². The Morgan fingerprint density at radius 1 is 1.24 bits per heavy atom. The first-order valence-electron chi connectivity index (χ1n) is 8.58. The molecule has 0 unspecified atom stereocenters. The third kappa shape index (κ3) is 5.69. The third-order valence-corrected chi connectivity index (χ3v) is 5.10. The normalized spacial score (nSPS) is 13.2. The average molecular weight is 361 g/mol. The van der Waals surface area contributed by atoms with Gasteiger partial charge in [0.2, 0.25) is 0 Å². The number of quaternary nitrogens is 1. The molecule has 0 aliphatic heterocycles. The summed E-state index contributed by atoms with van der Waals surface area (Å²) in [7, 11) is 0. The summed E-state index contributed by atoms with van der Waals surface area (Å²) in [4.78, 5) is 24.1. The Morgan fingerprint density at radius 3 is 2.52 bits per heavy atom. The zero-order valence-corrected chi connectivity index (χ0v) is 15.5. The highest BCUT2D eigenvalue weighted by molar-refractivity contribution is 7.10. The van der Waals surface area contributed by atoms with Gasteiger partial charge in [-0.15, -0.1) is 11.3 Å². The second kappa shape index (κ2) is 9.34. The van der Waals surface area contributed by atoms with Gasteiger partial charge < -0.3 is 11.1 Å². The van der Waals surface area contributed by atoms with Crippen molar-refractivity contribution in [3.8, 4) is 0 Å². The molecule has 2 aromatic rings. The minimum absolute atomic E-state index is 0.00820. The molecule has 3 amide bonds. The first-order chi connectivity index (χ1) is 12.0. The summed E-state index contributed by atoms with van der Waals surface area (Å²) in [6.07, 6.45) is 3.45. The minimum atomic E-state index is -0.821. The van der Waals surface area contributed by atoms with Gasteiger partial charge in [0.15, 0.2) is 6.04 Å². The van der Waals surface area contributed by atoms with Crippen LogP contribution in [0.3, 0.4) is 0 Å². The molecule has 5 nitrogen and oxygen atoms in total. The van der Waals surface area contributed by atoms with Crippen LogP contribution >= 0.6 is 11.3 Å². The molecule has 0 radical (unpaired) electrons. The number of hydrogen-bond acceptors (Lipinski definition) is 3. The highest BCUT2D eigenvalue weighted by Gasteiger charge is 2.26. The molecule has 1 aromatic carbocycles. The van der Waals surface area contributed by atoms with E-state index in [-0.39, 0.29) is 11.9 Å². The maximum absolute atomic E-state index is 12.0. The summed E-state index contributed by atoms with van der Waals surface area (Å²) in [5.74, 6) is -0.381. The largest absolute Gasteiger partial charge is 0.351 e. The molecule has 0 spiro atoms. The zero-order valence-electron chi connectivity index (χ0n) is 14.7. The summed E-state index contributed by atoms with van der Waals surface area (Å²) >= 11 is 1.66. The lowest BCUT2D eigenvalue weighted by Crippen LogP contribution is -2.92. The van der Waals surface area contributed by atoms with Crippen LogP contribution in [0.4, 0.5) is 4.79 Å². The fraction of sp³-hybridized carbons (Fsp3) is 0.368. The second-order valence-electron chi connectivity index (χ2n) is 6.17. The number of hydrogen-bond donors (Lipinski definition) is 3. The zero-order chi connectivity index (χ0) is 18.2. The molecule has 1 aromatic heterocycles. The van der Waals surface area contributed by atoms with E-state index in [0.29, 0.717) is 0 Å². The number of carbonyl (C=O) groups excluding carboxylic acids is 2. The van der Waals surface area contributed by atoms with Crippen LogP contribution in [0.25, 0.3) is 0 Å². The summed E-state index contributed by atoms with van der Waals surface area (Å²) in [6, 6.07) is 11.4. The average Bonchev–Trinajstić information content (AvgIpc) is 3.12. The second-order valence-corrected chi connectivity index (χ2v) is 7.15. The van der Waals surface area contributed by atoms with Crippen LogP contribution in [-0.2, 0) is 11.2 Å². The quantitative estimate of drug-likeness (QED) is 0.674. The lowest BCUT2D eigenvalue weighted by atomic mass is 10.0. The molecule has 134 valence electrons. The predicted octanol–water partition coefficient (Wildman–Crippen LogP) is 2.33. The van der Waals surface area contributed by atoms with E-state index in [0.717, 1.165) is 12.0 Å². The van der Waals surface area contributed by atoms with Crippen molar-refractivity contribution in [3.05, 3.63) is 57.8 Å². The topological polar surface area (TPSA) is 88.8 Å².